The highest BCUT2D eigenvalue weighted by Crippen LogP contribution is 2.10. The van der Waals surface area contributed by atoms with Gasteiger partial charge in [-0.25, -0.2) is 0 Å². The van der Waals surface area contributed by atoms with E-state index in [1.54, 1.807) is 0 Å². The summed E-state index contributed by atoms with van der Waals surface area (Å²) >= 11 is 0. The number of unbranched alkanes of at least 4 members (excludes halogenated alkanes) is 12. The molecule has 0 aliphatic heterocycles. The molecule has 0 saturated heterocycles. The Morgan fingerprint density at radius 1 is 0.550 bits per heavy atom. The van der Waals surface area contributed by atoms with E-state index in [0.717, 1.165) is 6.54 Å². The van der Waals surface area contributed by atoms with E-state index in [9.17, 15) is 0 Å². The quantitative estimate of drug-likeness (QED) is 0.368. The van der Waals surface area contributed by atoms with Gasteiger partial charge in [-0.15, -0.1) is 0 Å². The molecule has 3 N–H and O–H groups in total. The van der Waals surface area contributed by atoms with Crippen molar-refractivity contribution >= 4 is 0 Å². The third kappa shape index (κ3) is 17.9. The fourth-order valence-corrected chi connectivity index (χ4v) is 2.61. The van der Waals surface area contributed by atoms with Crippen molar-refractivity contribution in [3.05, 3.63) is 0 Å². The average molecular weight is 285 g/mol. The van der Waals surface area contributed by atoms with Crippen LogP contribution in [0.4, 0.5) is 0 Å². The van der Waals surface area contributed by atoms with Crippen molar-refractivity contribution in [3.8, 4) is 0 Å². The lowest BCUT2D eigenvalue weighted by Crippen LogP contribution is -2.16. The maximum Gasteiger partial charge on any atom is -0.00489 e. The molecule has 20 heavy (non-hydrogen) atoms. The third-order valence-electron chi connectivity index (χ3n) is 4.01. The Bertz CT molecular complexity index is 141. The van der Waals surface area contributed by atoms with Crippen molar-refractivity contribution in [3.63, 3.8) is 0 Å². The van der Waals surface area contributed by atoms with Gasteiger partial charge in [0.2, 0.25) is 0 Å². The fourth-order valence-electron chi connectivity index (χ4n) is 2.61. The van der Waals surface area contributed by atoms with Crippen LogP contribution in [-0.4, -0.2) is 19.6 Å². The molecule has 0 aliphatic rings. The van der Waals surface area contributed by atoms with Crippen LogP contribution in [0.5, 0.6) is 0 Å². The summed E-state index contributed by atoms with van der Waals surface area (Å²) in [6, 6.07) is 0. The average Bonchev–Trinajstić information content (AvgIpc) is 2.47. The van der Waals surface area contributed by atoms with Gasteiger partial charge >= 0.3 is 0 Å². The Hall–Kier alpha value is -0.0800. The lowest BCUT2D eigenvalue weighted by Gasteiger charge is -2.05. The van der Waals surface area contributed by atoms with Crippen LogP contribution in [0.15, 0.2) is 0 Å². The van der Waals surface area contributed by atoms with Crippen LogP contribution in [0.25, 0.3) is 0 Å². The second-order valence-electron chi connectivity index (χ2n) is 6.13. The fraction of sp³-hybridized carbons (Fsp3) is 1.00. The molecular formula is C18H40N2. The van der Waals surface area contributed by atoms with E-state index in [0.29, 0.717) is 0 Å². The molecule has 0 spiro atoms. The lowest BCUT2D eigenvalue weighted by molar-refractivity contribution is 0.533. The summed E-state index contributed by atoms with van der Waals surface area (Å²) in [7, 11) is 0. The van der Waals surface area contributed by atoms with Crippen LogP contribution in [0.1, 0.15) is 96.8 Å². The first kappa shape index (κ1) is 19.9. The van der Waals surface area contributed by atoms with Crippen molar-refractivity contribution in [2.45, 2.75) is 96.8 Å². The summed E-state index contributed by atoms with van der Waals surface area (Å²) in [5.74, 6) is 0. The largest absolute Gasteiger partial charge is 0.330 e. The molecule has 0 atom stereocenters. The van der Waals surface area contributed by atoms with Gasteiger partial charge in [0.05, 0.1) is 0 Å². The summed E-state index contributed by atoms with van der Waals surface area (Å²) in [5.41, 5.74) is 5.47. The molecule has 0 aromatic carbocycles. The molecule has 0 aromatic heterocycles. The molecule has 0 rings (SSSR count). The van der Waals surface area contributed by atoms with Gasteiger partial charge < -0.3 is 11.1 Å². The smallest absolute Gasteiger partial charge is 0.00489 e. The maximum absolute atomic E-state index is 5.47. The van der Waals surface area contributed by atoms with Crippen molar-refractivity contribution in [1.29, 1.82) is 0 Å². The minimum absolute atomic E-state index is 0.846. The first-order valence-electron chi connectivity index (χ1n) is 9.32. The first-order chi connectivity index (χ1) is 9.91. The Balaban J connectivity index is 2.89. The second kappa shape index (κ2) is 18.9. The third-order valence-corrected chi connectivity index (χ3v) is 4.01. The normalized spacial score (nSPS) is 11.1. The maximum atomic E-state index is 5.47. The monoisotopic (exact) mass is 284 g/mol. The molecule has 0 fully saturated rings. The summed E-state index contributed by atoms with van der Waals surface area (Å²) in [6.07, 6.45) is 19.5. The standard InChI is InChI=1S/C18H40N2/c1-2-3-4-5-6-7-8-9-10-11-14-17-20-18-15-12-13-16-19/h20H,2-19H2,1H3. The number of nitrogens with two attached hydrogens (primary N) is 1. The molecule has 0 aliphatic carbocycles. The zero-order chi connectivity index (χ0) is 14.7. The van der Waals surface area contributed by atoms with Crippen LogP contribution in [0, 0.1) is 0 Å². The lowest BCUT2D eigenvalue weighted by atomic mass is 10.1. The highest BCUT2D eigenvalue weighted by Gasteiger charge is 1.93. The van der Waals surface area contributed by atoms with E-state index in [-0.39, 0.29) is 0 Å². The topological polar surface area (TPSA) is 38.0 Å². The highest BCUT2D eigenvalue weighted by molar-refractivity contribution is 4.52. The van der Waals surface area contributed by atoms with Gasteiger partial charge in [0.1, 0.15) is 0 Å². The van der Waals surface area contributed by atoms with Crippen molar-refractivity contribution in [1.82, 2.24) is 5.32 Å². The van der Waals surface area contributed by atoms with Gasteiger partial charge in [0.25, 0.3) is 0 Å². The molecule has 0 saturated carbocycles. The predicted molar refractivity (Wildman–Crippen MR) is 92.2 cm³/mol. The van der Waals surface area contributed by atoms with Crippen LogP contribution in [-0.2, 0) is 0 Å². The zero-order valence-electron chi connectivity index (χ0n) is 14.1. The van der Waals surface area contributed by atoms with Crippen molar-refractivity contribution in [2.75, 3.05) is 19.6 Å². The van der Waals surface area contributed by atoms with E-state index in [2.05, 4.69) is 12.2 Å². The van der Waals surface area contributed by atoms with Gasteiger partial charge in [-0.1, -0.05) is 77.6 Å². The summed E-state index contributed by atoms with van der Waals surface area (Å²) < 4.78 is 0. The zero-order valence-corrected chi connectivity index (χ0v) is 14.1. The van der Waals surface area contributed by atoms with Crippen LogP contribution < -0.4 is 11.1 Å². The number of hydrogen-bond donors (Lipinski definition) is 2. The highest BCUT2D eigenvalue weighted by atomic mass is 14.8. The van der Waals surface area contributed by atoms with Gasteiger partial charge in [-0.2, -0.15) is 0 Å². The molecule has 0 amide bonds. The Morgan fingerprint density at radius 2 is 0.950 bits per heavy atom. The van der Waals surface area contributed by atoms with E-state index < -0.39 is 0 Å². The first-order valence-corrected chi connectivity index (χ1v) is 9.32. The Kier molecular flexibility index (Phi) is 18.8. The minimum Gasteiger partial charge on any atom is -0.330 e. The van der Waals surface area contributed by atoms with E-state index in [1.165, 1.54) is 103 Å². The molecular weight excluding hydrogens is 244 g/mol. The molecule has 122 valence electrons. The number of nitrogens with one attached hydrogen (secondary N) is 1. The van der Waals surface area contributed by atoms with Crippen LogP contribution in [0.2, 0.25) is 0 Å². The summed E-state index contributed by atoms with van der Waals surface area (Å²) in [4.78, 5) is 0. The molecule has 2 heteroatoms. The molecule has 0 unspecified atom stereocenters. The molecule has 0 aromatic rings. The molecule has 0 bridgehead atoms. The van der Waals surface area contributed by atoms with Crippen molar-refractivity contribution in [2.24, 2.45) is 5.73 Å². The summed E-state index contributed by atoms with van der Waals surface area (Å²) in [5, 5.41) is 3.53. The van der Waals surface area contributed by atoms with E-state index in [4.69, 9.17) is 5.73 Å². The molecule has 2 nitrogen and oxygen atoms in total. The minimum atomic E-state index is 0.846. The SMILES string of the molecule is CCCCCCCCCCCCCNCCCCCN. The van der Waals surface area contributed by atoms with Gasteiger partial charge in [-0.05, 0) is 38.9 Å². The Morgan fingerprint density at radius 3 is 1.40 bits per heavy atom. The van der Waals surface area contributed by atoms with E-state index >= 15 is 0 Å². The van der Waals surface area contributed by atoms with Crippen LogP contribution in [0.3, 0.4) is 0 Å². The number of rotatable bonds is 17. The van der Waals surface area contributed by atoms with Gasteiger partial charge in [0, 0.05) is 0 Å². The van der Waals surface area contributed by atoms with Gasteiger partial charge in [0.15, 0.2) is 0 Å². The predicted octanol–water partition coefficient (Wildman–Crippen LogP) is 5.02. The molecule has 0 heterocycles. The van der Waals surface area contributed by atoms with Crippen molar-refractivity contribution < 1.29 is 0 Å². The summed E-state index contributed by atoms with van der Waals surface area (Å²) in [6.45, 7) is 5.52. The Labute approximate surface area is 128 Å². The molecule has 0 radical (unpaired) electrons. The second-order valence-corrected chi connectivity index (χ2v) is 6.13. The van der Waals surface area contributed by atoms with Crippen LogP contribution >= 0.6 is 0 Å². The van der Waals surface area contributed by atoms with Gasteiger partial charge in [-0.3, -0.25) is 0 Å². The number of hydrogen-bond acceptors (Lipinski definition) is 2. The van der Waals surface area contributed by atoms with E-state index in [1.807, 2.05) is 0 Å².